The molecule has 0 saturated carbocycles. The van der Waals surface area contributed by atoms with Crippen molar-refractivity contribution >= 4 is 16.5 Å². The van der Waals surface area contributed by atoms with Crippen molar-refractivity contribution in [3.8, 4) is 11.3 Å². The van der Waals surface area contributed by atoms with Gasteiger partial charge in [-0.2, -0.15) is 13.2 Å². The number of nitrogens with one attached hydrogen (secondary N) is 1. The standard InChI is InChI=1S/C18H13F3N2O/c1-10-5-3-4-6-12(10)15-8-7-13-16(23-15)14(9-22-17(13)24)11(2)18(19,20)21/h3-9H,2H2,1H3,(H,22,24). The Morgan fingerprint density at radius 3 is 2.54 bits per heavy atom. The van der Waals surface area contributed by atoms with Gasteiger partial charge in [0.2, 0.25) is 0 Å². The molecule has 3 rings (SSSR count). The number of fused-ring (bicyclic) bond motifs is 1. The fraction of sp³-hybridized carbons (Fsp3) is 0.111. The Kier molecular flexibility index (Phi) is 3.75. The normalized spacial score (nSPS) is 11.7. The van der Waals surface area contributed by atoms with Crippen LogP contribution in [0.25, 0.3) is 27.7 Å². The molecule has 0 radical (unpaired) electrons. The largest absolute Gasteiger partial charge is 0.416 e. The van der Waals surface area contributed by atoms with Crippen molar-refractivity contribution in [2.24, 2.45) is 0 Å². The number of aromatic amines is 1. The maximum atomic E-state index is 13.0. The average Bonchev–Trinajstić information content (AvgIpc) is 2.54. The molecule has 0 saturated heterocycles. The predicted octanol–water partition coefficient (Wildman–Crippen LogP) is 4.47. The average molecular weight is 330 g/mol. The highest BCUT2D eigenvalue weighted by molar-refractivity contribution is 5.92. The number of halogens is 3. The van der Waals surface area contributed by atoms with Gasteiger partial charge < -0.3 is 4.98 Å². The molecule has 24 heavy (non-hydrogen) atoms. The molecule has 0 fully saturated rings. The van der Waals surface area contributed by atoms with E-state index in [1.165, 1.54) is 6.07 Å². The number of nitrogens with zero attached hydrogens (tertiary/aromatic N) is 1. The number of allylic oxidation sites excluding steroid dienone is 1. The lowest BCUT2D eigenvalue weighted by atomic mass is 10.0. The van der Waals surface area contributed by atoms with Gasteiger partial charge in [-0.25, -0.2) is 4.98 Å². The highest BCUT2D eigenvalue weighted by atomic mass is 19.4. The number of H-pyrrole nitrogens is 1. The number of pyridine rings is 2. The molecule has 0 aliphatic carbocycles. The second-order valence-corrected chi connectivity index (χ2v) is 5.42. The fourth-order valence-electron chi connectivity index (χ4n) is 2.52. The molecule has 2 aromatic heterocycles. The highest BCUT2D eigenvalue weighted by Gasteiger charge is 2.34. The number of hydrogen-bond acceptors (Lipinski definition) is 2. The second-order valence-electron chi connectivity index (χ2n) is 5.42. The van der Waals surface area contributed by atoms with Crippen LogP contribution in [0.4, 0.5) is 13.2 Å². The van der Waals surface area contributed by atoms with E-state index in [9.17, 15) is 18.0 Å². The third kappa shape index (κ3) is 2.71. The number of aromatic nitrogens is 2. The van der Waals surface area contributed by atoms with E-state index in [2.05, 4.69) is 16.5 Å². The molecule has 0 unspecified atom stereocenters. The minimum Gasteiger partial charge on any atom is -0.328 e. The molecule has 6 heteroatoms. The molecule has 0 aliphatic heterocycles. The van der Waals surface area contributed by atoms with E-state index >= 15 is 0 Å². The van der Waals surface area contributed by atoms with Gasteiger partial charge in [0, 0.05) is 17.3 Å². The van der Waals surface area contributed by atoms with E-state index in [4.69, 9.17) is 0 Å². The van der Waals surface area contributed by atoms with Crippen LogP contribution >= 0.6 is 0 Å². The van der Waals surface area contributed by atoms with E-state index < -0.39 is 17.3 Å². The van der Waals surface area contributed by atoms with Crippen LogP contribution in [-0.4, -0.2) is 16.1 Å². The molecule has 122 valence electrons. The van der Waals surface area contributed by atoms with E-state index in [0.29, 0.717) is 5.69 Å². The Bertz CT molecular complexity index is 1000. The zero-order valence-corrected chi connectivity index (χ0v) is 12.7. The first-order valence-corrected chi connectivity index (χ1v) is 7.14. The fourth-order valence-corrected chi connectivity index (χ4v) is 2.52. The maximum absolute atomic E-state index is 13.0. The van der Waals surface area contributed by atoms with Gasteiger partial charge in [-0.3, -0.25) is 4.79 Å². The van der Waals surface area contributed by atoms with Gasteiger partial charge in [-0.05, 0) is 24.6 Å². The number of rotatable bonds is 2. The highest BCUT2D eigenvalue weighted by Crippen LogP contribution is 2.35. The molecule has 1 N–H and O–H groups in total. The molecule has 1 aromatic carbocycles. The molecule has 0 amide bonds. The Balaban J connectivity index is 2.30. The molecule has 3 aromatic rings. The van der Waals surface area contributed by atoms with Crippen molar-refractivity contribution in [2.75, 3.05) is 0 Å². The van der Waals surface area contributed by atoms with Crippen molar-refractivity contribution in [1.29, 1.82) is 0 Å². The van der Waals surface area contributed by atoms with Gasteiger partial charge in [0.1, 0.15) is 0 Å². The summed E-state index contributed by atoms with van der Waals surface area (Å²) < 4.78 is 39.1. The SMILES string of the molecule is C=C(c1c[nH]c(=O)c2ccc(-c3ccccc3C)nc12)C(F)(F)F. The molecule has 0 bridgehead atoms. The zero-order valence-electron chi connectivity index (χ0n) is 12.7. The number of aryl methyl sites for hydroxylation is 1. The molecule has 0 spiro atoms. The van der Waals surface area contributed by atoms with Crippen LogP contribution in [0.3, 0.4) is 0 Å². The van der Waals surface area contributed by atoms with Crippen LogP contribution in [0, 0.1) is 6.92 Å². The quantitative estimate of drug-likeness (QED) is 0.753. The summed E-state index contributed by atoms with van der Waals surface area (Å²) in [6, 6.07) is 10.5. The molecule has 3 nitrogen and oxygen atoms in total. The van der Waals surface area contributed by atoms with Crippen LogP contribution < -0.4 is 5.56 Å². The summed E-state index contributed by atoms with van der Waals surface area (Å²) in [4.78, 5) is 18.5. The lowest BCUT2D eigenvalue weighted by Crippen LogP contribution is -2.14. The maximum Gasteiger partial charge on any atom is 0.416 e. The first-order valence-electron chi connectivity index (χ1n) is 7.14. The van der Waals surface area contributed by atoms with Crippen LogP contribution in [0.1, 0.15) is 11.1 Å². The number of benzene rings is 1. The smallest absolute Gasteiger partial charge is 0.328 e. The van der Waals surface area contributed by atoms with Gasteiger partial charge in [0.15, 0.2) is 0 Å². The lowest BCUT2D eigenvalue weighted by molar-refractivity contribution is -0.0686. The third-order valence-electron chi connectivity index (χ3n) is 3.83. The van der Waals surface area contributed by atoms with Crippen molar-refractivity contribution in [3.05, 3.63) is 70.7 Å². The first-order chi connectivity index (χ1) is 11.3. The van der Waals surface area contributed by atoms with E-state index in [-0.39, 0.29) is 16.5 Å². The summed E-state index contributed by atoms with van der Waals surface area (Å²) in [7, 11) is 0. The molecule has 0 aliphatic rings. The summed E-state index contributed by atoms with van der Waals surface area (Å²) in [6.07, 6.45) is -3.60. The summed E-state index contributed by atoms with van der Waals surface area (Å²) in [6.45, 7) is 4.99. The molecule has 0 atom stereocenters. The monoisotopic (exact) mass is 330 g/mol. The summed E-state index contributed by atoms with van der Waals surface area (Å²) in [5.41, 5.74) is 0.455. The number of hydrogen-bond donors (Lipinski definition) is 1. The summed E-state index contributed by atoms with van der Waals surface area (Å²) in [5, 5.41) is 0.0928. The van der Waals surface area contributed by atoms with Crippen LogP contribution in [0.15, 0.2) is 54.0 Å². The van der Waals surface area contributed by atoms with E-state index in [1.54, 1.807) is 6.07 Å². The van der Waals surface area contributed by atoms with Crippen LogP contribution in [0.5, 0.6) is 0 Å². The van der Waals surface area contributed by atoms with Crippen molar-refractivity contribution < 1.29 is 13.2 Å². The molecular weight excluding hydrogens is 317 g/mol. The van der Waals surface area contributed by atoms with Gasteiger partial charge >= 0.3 is 6.18 Å². The number of alkyl halides is 3. The van der Waals surface area contributed by atoms with Crippen molar-refractivity contribution in [3.63, 3.8) is 0 Å². The van der Waals surface area contributed by atoms with Gasteiger partial charge in [0.05, 0.1) is 22.2 Å². The van der Waals surface area contributed by atoms with Gasteiger partial charge in [-0.15, -0.1) is 0 Å². The van der Waals surface area contributed by atoms with Crippen LogP contribution in [-0.2, 0) is 0 Å². The predicted molar refractivity (Wildman–Crippen MR) is 87.6 cm³/mol. The lowest BCUT2D eigenvalue weighted by Gasteiger charge is -2.13. The minimum atomic E-state index is -4.61. The summed E-state index contributed by atoms with van der Waals surface area (Å²) in [5.74, 6) is 0. The van der Waals surface area contributed by atoms with Gasteiger partial charge in [0.25, 0.3) is 5.56 Å². The topological polar surface area (TPSA) is 45.8 Å². The Labute approximate surface area is 135 Å². The Morgan fingerprint density at radius 1 is 1.17 bits per heavy atom. The summed E-state index contributed by atoms with van der Waals surface area (Å²) >= 11 is 0. The van der Waals surface area contributed by atoms with Crippen molar-refractivity contribution in [2.45, 2.75) is 13.1 Å². The second kappa shape index (κ2) is 5.63. The van der Waals surface area contributed by atoms with Gasteiger partial charge in [-0.1, -0.05) is 30.8 Å². The zero-order chi connectivity index (χ0) is 17.5. The minimum absolute atomic E-state index is 0.0122. The molecular formula is C18H13F3N2O. The van der Waals surface area contributed by atoms with E-state index in [1.807, 2.05) is 31.2 Å². The van der Waals surface area contributed by atoms with E-state index in [0.717, 1.165) is 17.3 Å². The van der Waals surface area contributed by atoms with Crippen molar-refractivity contribution in [1.82, 2.24) is 9.97 Å². The third-order valence-corrected chi connectivity index (χ3v) is 3.83. The Morgan fingerprint density at radius 2 is 1.88 bits per heavy atom. The Hall–Kier alpha value is -2.89. The van der Waals surface area contributed by atoms with Crippen LogP contribution in [0.2, 0.25) is 0 Å². The first kappa shape index (κ1) is 16.0. The molecule has 2 heterocycles.